The Morgan fingerprint density at radius 2 is 1.94 bits per heavy atom. The summed E-state index contributed by atoms with van der Waals surface area (Å²) >= 11 is 1.34. The van der Waals surface area contributed by atoms with Gasteiger partial charge in [0, 0.05) is 34.3 Å². The van der Waals surface area contributed by atoms with Crippen molar-refractivity contribution in [3.63, 3.8) is 0 Å². The van der Waals surface area contributed by atoms with E-state index in [9.17, 15) is 14.3 Å². The third-order valence-corrected chi connectivity index (χ3v) is 7.79. The van der Waals surface area contributed by atoms with E-state index in [1.165, 1.54) is 36.0 Å². The van der Waals surface area contributed by atoms with Crippen LogP contribution in [0.3, 0.4) is 0 Å². The first-order valence-corrected chi connectivity index (χ1v) is 12.7. The van der Waals surface area contributed by atoms with Crippen molar-refractivity contribution >= 4 is 27.2 Å². The van der Waals surface area contributed by atoms with Crippen LogP contribution in [-0.2, 0) is 0 Å². The maximum atomic E-state index is 13.6. The van der Waals surface area contributed by atoms with Crippen LogP contribution in [0.2, 0.25) is 0 Å². The normalized spacial score (nSPS) is 16.1. The quantitative estimate of drug-likeness (QED) is 0.295. The topological polar surface area (TPSA) is 49.8 Å². The third-order valence-electron chi connectivity index (χ3n) is 6.64. The molecule has 0 spiro atoms. The first-order valence-electron chi connectivity index (χ1n) is 11.9. The van der Waals surface area contributed by atoms with Crippen LogP contribution in [0.1, 0.15) is 34.1 Å². The van der Waals surface area contributed by atoms with E-state index >= 15 is 0 Å². The highest BCUT2D eigenvalue weighted by Crippen LogP contribution is 2.42. The van der Waals surface area contributed by atoms with Crippen molar-refractivity contribution in [2.24, 2.45) is 5.92 Å². The number of phenols is 1. The zero-order valence-electron chi connectivity index (χ0n) is 19.9. The molecule has 1 aliphatic rings. The van der Waals surface area contributed by atoms with Gasteiger partial charge in [-0.2, -0.15) is 0 Å². The minimum absolute atomic E-state index is 0.151. The first-order chi connectivity index (χ1) is 16.9. The van der Waals surface area contributed by atoms with Crippen LogP contribution in [0.5, 0.6) is 11.5 Å². The first kappa shape index (κ1) is 23.5. The summed E-state index contributed by atoms with van der Waals surface area (Å²) in [5.41, 5.74) is 2.78. The summed E-state index contributed by atoms with van der Waals surface area (Å²) < 4.78 is 20.5. The number of rotatable bonds is 7. The van der Waals surface area contributed by atoms with Crippen molar-refractivity contribution < 1.29 is 19.0 Å². The van der Waals surface area contributed by atoms with Crippen molar-refractivity contribution in [2.75, 3.05) is 26.2 Å². The Kier molecular flexibility index (Phi) is 6.58. The summed E-state index contributed by atoms with van der Waals surface area (Å²) in [6.07, 6.45) is 1.25. The summed E-state index contributed by atoms with van der Waals surface area (Å²) in [6.45, 7) is 7.85. The zero-order valence-corrected chi connectivity index (χ0v) is 20.7. The Labute approximate surface area is 208 Å². The second kappa shape index (κ2) is 9.80. The van der Waals surface area contributed by atoms with Crippen molar-refractivity contribution in [3.05, 3.63) is 82.5 Å². The number of ketones is 1. The van der Waals surface area contributed by atoms with Gasteiger partial charge in [0.15, 0.2) is 0 Å². The highest BCUT2D eigenvalue weighted by molar-refractivity contribution is 7.21. The maximum Gasteiger partial charge on any atom is 0.203 e. The number of hydrogen-bond acceptors (Lipinski definition) is 5. The summed E-state index contributed by atoms with van der Waals surface area (Å²) in [7, 11) is 0. The fourth-order valence-corrected chi connectivity index (χ4v) is 5.99. The van der Waals surface area contributed by atoms with Crippen LogP contribution in [0.4, 0.5) is 4.39 Å². The second-order valence-electron chi connectivity index (χ2n) is 9.34. The van der Waals surface area contributed by atoms with Crippen molar-refractivity contribution in [1.29, 1.82) is 0 Å². The number of aryl methyl sites for hydroxylation is 1. The van der Waals surface area contributed by atoms with E-state index in [0.717, 1.165) is 52.5 Å². The molecule has 0 amide bonds. The largest absolute Gasteiger partial charge is 0.508 e. The van der Waals surface area contributed by atoms with E-state index in [0.29, 0.717) is 22.6 Å². The Bertz CT molecular complexity index is 1380. The van der Waals surface area contributed by atoms with Crippen molar-refractivity contribution in [2.45, 2.75) is 20.3 Å². The van der Waals surface area contributed by atoms with E-state index in [1.54, 1.807) is 19.1 Å². The lowest BCUT2D eigenvalue weighted by molar-refractivity contribution is 0.104. The fourth-order valence-electron chi connectivity index (χ4n) is 4.78. The van der Waals surface area contributed by atoms with Crippen molar-refractivity contribution in [1.82, 2.24) is 4.90 Å². The molecule has 0 aliphatic carbocycles. The SMILES string of the molecule is Cc1cc(F)ccc1C(=O)c1sc2cc(O)ccc2c1-c1ccc(OCCN2CC[C@@H](C)C2)cc1. The lowest BCUT2D eigenvalue weighted by Crippen LogP contribution is -2.25. The standard InChI is InChI=1S/C29H28FNO3S/c1-18-11-12-31(17-18)13-14-34-23-7-3-20(4-8-23)27-25-10-6-22(32)16-26(25)35-29(27)28(33)24-9-5-21(30)15-19(24)2/h3-10,15-16,18,32H,11-14,17H2,1-2H3/t18-/m1/s1. The second-order valence-corrected chi connectivity index (χ2v) is 10.4. The van der Waals surface area contributed by atoms with Gasteiger partial charge < -0.3 is 9.84 Å². The molecule has 180 valence electrons. The van der Waals surface area contributed by atoms with Gasteiger partial charge in [0.05, 0.1) is 4.88 Å². The van der Waals surface area contributed by atoms with E-state index < -0.39 is 0 Å². The maximum absolute atomic E-state index is 13.6. The molecule has 35 heavy (non-hydrogen) atoms. The molecule has 4 aromatic rings. The number of nitrogens with zero attached hydrogens (tertiary/aromatic N) is 1. The number of likely N-dealkylation sites (tertiary alicyclic amines) is 1. The summed E-state index contributed by atoms with van der Waals surface area (Å²) in [5.74, 6) is 1.18. The minimum Gasteiger partial charge on any atom is -0.508 e. The van der Waals surface area contributed by atoms with E-state index in [4.69, 9.17) is 4.74 Å². The van der Waals surface area contributed by atoms with E-state index in [2.05, 4.69) is 11.8 Å². The molecule has 1 atom stereocenters. The number of phenolic OH excluding ortho intramolecular Hbond substituents is 1. The molecular weight excluding hydrogens is 461 g/mol. The smallest absolute Gasteiger partial charge is 0.203 e. The predicted octanol–water partition coefficient (Wildman–Crippen LogP) is 6.67. The molecule has 0 saturated carbocycles. The Balaban J connectivity index is 1.44. The average molecular weight is 490 g/mol. The number of hydrogen-bond donors (Lipinski definition) is 1. The van der Waals surface area contributed by atoms with Gasteiger partial charge in [-0.15, -0.1) is 11.3 Å². The van der Waals surface area contributed by atoms with E-state index in [1.807, 2.05) is 30.3 Å². The number of carbonyl (C=O) groups is 1. The van der Waals surface area contributed by atoms with Gasteiger partial charge in [-0.3, -0.25) is 9.69 Å². The van der Waals surface area contributed by atoms with Crippen LogP contribution in [0, 0.1) is 18.7 Å². The van der Waals surface area contributed by atoms with Gasteiger partial charge in [-0.05, 0) is 85.5 Å². The molecule has 0 unspecified atom stereocenters. The Morgan fingerprint density at radius 3 is 2.66 bits per heavy atom. The lowest BCUT2D eigenvalue weighted by atomic mass is 9.96. The molecule has 4 nitrogen and oxygen atoms in total. The Morgan fingerprint density at radius 1 is 1.14 bits per heavy atom. The molecule has 1 saturated heterocycles. The molecule has 0 radical (unpaired) electrons. The minimum atomic E-state index is -0.365. The molecule has 0 bridgehead atoms. The van der Waals surface area contributed by atoms with Crippen LogP contribution in [-0.4, -0.2) is 42.0 Å². The number of ether oxygens (including phenoxy) is 1. The Hall–Kier alpha value is -3.22. The number of fused-ring (bicyclic) bond motifs is 1. The van der Waals surface area contributed by atoms with Gasteiger partial charge in [0.1, 0.15) is 23.9 Å². The van der Waals surface area contributed by atoms with Crippen LogP contribution in [0.25, 0.3) is 21.2 Å². The third kappa shape index (κ3) is 4.95. The number of benzene rings is 3. The highest BCUT2D eigenvalue weighted by atomic mass is 32.1. The summed E-state index contributed by atoms with van der Waals surface area (Å²) in [5, 5.41) is 10.9. The van der Waals surface area contributed by atoms with Crippen molar-refractivity contribution in [3.8, 4) is 22.6 Å². The van der Waals surface area contributed by atoms with Gasteiger partial charge in [0.2, 0.25) is 5.78 Å². The molecule has 5 rings (SSSR count). The number of aromatic hydroxyl groups is 1. The number of thiophene rings is 1. The predicted molar refractivity (Wildman–Crippen MR) is 139 cm³/mol. The monoisotopic (exact) mass is 489 g/mol. The summed E-state index contributed by atoms with van der Waals surface area (Å²) in [4.78, 5) is 16.6. The molecular formula is C29H28FNO3S. The summed E-state index contributed by atoms with van der Waals surface area (Å²) in [6, 6.07) is 17.2. The molecule has 1 aromatic heterocycles. The zero-order chi connectivity index (χ0) is 24.5. The van der Waals surface area contributed by atoms with Gasteiger partial charge >= 0.3 is 0 Å². The molecule has 1 fully saturated rings. The number of halogens is 1. The van der Waals surface area contributed by atoms with Crippen LogP contribution >= 0.6 is 11.3 Å². The molecule has 6 heteroatoms. The van der Waals surface area contributed by atoms with E-state index in [-0.39, 0.29) is 17.3 Å². The highest BCUT2D eigenvalue weighted by Gasteiger charge is 2.23. The molecule has 1 N–H and O–H groups in total. The van der Waals surface area contributed by atoms with Gasteiger partial charge in [0.25, 0.3) is 0 Å². The van der Waals surface area contributed by atoms with Gasteiger partial charge in [-0.25, -0.2) is 4.39 Å². The molecule has 2 heterocycles. The number of carbonyl (C=O) groups excluding carboxylic acids is 1. The average Bonchev–Trinajstić information content (AvgIpc) is 3.42. The fraction of sp³-hybridized carbons (Fsp3) is 0.276. The molecule has 3 aromatic carbocycles. The van der Waals surface area contributed by atoms with Crippen LogP contribution in [0.15, 0.2) is 60.7 Å². The van der Waals surface area contributed by atoms with Gasteiger partial charge in [-0.1, -0.05) is 19.1 Å². The van der Waals surface area contributed by atoms with Crippen LogP contribution < -0.4 is 4.74 Å². The lowest BCUT2D eigenvalue weighted by Gasteiger charge is -2.15. The molecule has 1 aliphatic heterocycles.